The largest absolute Gasteiger partial charge is 0.409 e. The maximum atomic E-state index is 8.71. The summed E-state index contributed by atoms with van der Waals surface area (Å²) in [5.74, 6) is 0.311. The van der Waals surface area contributed by atoms with Crippen molar-refractivity contribution < 1.29 is 9.94 Å². The summed E-state index contributed by atoms with van der Waals surface area (Å²) in [6.45, 7) is 11.3. The van der Waals surface area contributed by atoms with E-state index < -0.39 is 0 Å². The number of amidine groups is 1. The predicted octanol–water partition coefficient (Wildman–Crippen LogP) is 2.58. The number of nitrogens with one attached hydrogen (secondary N) is 1. The third kappa shape index (κ3) is 8.38. The lowest BCUT2D eigenvalue weighted by atomic mass is 9.86. The molecule has 0 bridgehead atoms. The van der Waals surface area contributed by atoms with E-state index in [2.05, 4.69) is 24.3 Å². The van der Waals surface area contributed by atoms with Gasteiger partial charge in [-0.25, -0.2) is 0 Å². The predicted molar refractivity (Wildman–Crippen MR) is 84.2 cm³/mol. The quantitative estimate of drug-likeness (QED) is 0.179. The second-order valence-corrected chi connectivity index (χ2v) is 6.91. The van der Waals surface area contributed by atoms with Crippen molar-refractivity contribution in [3.63, 3.8) is 0 Å². The summed E-state index contributed by atoms with van der Waals surface area (Å²) < 4.78 is 5.12. The highest BCUT2D eigenvalue weighted by Crippen LogP contribution is 2.23. The first-order chi connectivity index (χ1) is 9.25. The first-order valence-corrected chi connectivity index (χ1v) is 7.43. The van der Waals surface area contributed by atoms with Crippen LogP contribution in [0.15, 0.2) is 5.16 Å². The molecule has 0 aromatic heterocycles. The highest BCUT2D eigenvalue weighted by molar-refractivity contribution is 5.85. The maximum absolute atomic E-state index is 8.71. The summed E-state index contributed by atoms with van der Waals surface area (Å²) in [6.07, 6.45) is 4.15. The first kappa shape index (κ1) is 19.2. The standard InChI is InChI=1S/C15H33N3O2/c1-14(2,9-11-20-5)12-17-10-7-6-8-15(3,4)13(16)18-19/h17,19H,6-12H2,1-5H3,(H2,16,18). The molecule has 0 rings (SSSR count). The van der Waals surface area contributed by atoms with E-state index in [1.807, 2.05) is 13.8 Å². The molecule has 20 heavy (non-hydrogen) atoms. The fourth-order valence-corrected chi connectivity index (χ4v) is 1.97. The summed E-state index contributed by atoms with van der Waals surface area (Å²) in [5.41, 5.74) is 5.71. The number of hydrogen-bond acceptors (Lipinski definition) is 4. The summed E-state index contributed by atoms with van der Waals surface area (Å²) >= 11 is 0. The van der Waals surface area contributed by atoms with Crippen molar-refractivity contribution in [2.24, 2.45) is 21.7 Å². The molecule has 0 fully saturated rings. The van der Waals surface area contributed by atoms with Crippen LogP contribution >= 0.6 is 0 Å². The Morgan fingerprint density at radius 2 is 1.85 bits per heavy atom. The molecule has 120 valence electrons. The van der Waals surface area contributed by atoms with Crippen LogP contribution in [0.1, 0.15) is 53.4 Å². The Hall–Kier alpha value is -0.810. The van der Waals surface area contributed by atoms with E-state index in [4.69, 9.17) is 15.7 Å². The van der Waals surface area contributed by atoms with E-state index in [9.17, 15) is 0 Å². The second-order valence-electron chi connectivity index (χ2n) is 6.91. The van der Waals surface area contributed by atoms with Crippen LogP contribution in [0.5, 0.6) is 0 Å². The molecule has 5 nitrogen and oxygen atoms in total. The van der Waals surface area contributed by atoms with Crippen LogP contribution < -0.4 is 11.1 Å². The molecule has 0 heterocycles. The summed E-state index contributed by atoms with van der Waals surface area (Å²) in [7, 11) is 1.74. The lowest BCUT2D eigenvalue weighted by Crippen LogP contribution is -2.33. The van der Waals surface area contributed by atoms with Crippen molar-refractivity contribution in [2.45, 2.75) is 53.4 Å². The minimum atomic E-state index is -0.230. The van der Waals surface area contributed by atoms with Crippen LogP contribution in [0.4, 0.5) is 0 Å². The molecule has 5 heteroatoms. The fourth-order valence-electron chi connectivity index (χ4n) is 1.97. The van der Waals surface area contributed by atoms with Gasteiger partial charge in [-0.1, -0.05) is 39.3 Å². The number of methoxy groups -OCH3 is 1. The van der Waals surface area contributed by atoms with Gasteiger partial charge < -0.3 is 21.0 Å². The van der Waals surface area contributed by atoms with E-state index in [1.165, 1.54) is 0 Å². The number of hydrogen-bond donors (Lipinski definition) is 3. The van der Waals surface area contributed by atoms with Crippen molar-refractivity contribution in [1.82, 2.24) is 5.32 Å². The molecular formula is C15H33N3O2. The number of oxime groups is 1. The van der Waals surface area contributed by atoms with Gasteiger partial charge >= 0.3 is 0 Å². The zero-order chi connectivity index (χ0) is 15.6. The number of rotatable bonds is 11. The molecule has 0 aromatic rings. The van der Waals surface area contributed by atoms with Gasteiger partial charge in [0.2, 0.25) is 0 Å². The Bertz CT molecular complexity index is 289. The highest BCUT2D eigenvalue weighted by Gasteiger charge is 2.22. The third-order valence-corrected chi connectivity index (χ3v) is 3.79. The van der Waals surface area contributed by atoms with Crippen LogP contribution in [0, 0.1) is 10.8 Å². The summed E-state index contributed by atoms with van der Waals surface area (Å²) in [6, 6.07) is 0. The van der Waals surface area contributed by atoms with E-state index in [-0.39, 0.29) is 10.8 Å². The number of unbranched alkanes of at least 4 members (excludes halogenated alkanes) is 1. The lowest BCUT2D eigenvalue weighted by molar-refractivity contribution is 0.151. The third-order valence-electron chi connectivity index (χ3n) is 3.79. The molecule has 0 amide bonds. The van der Waals surface area contributed by atoms with Crippen LogP contribution in [-0.4, -0.2) is 37.8 Å². The zero-order valence-electron chi connectivity index (χ0n) is 13.8. The van der Waals surface area contributed by atoms with Gasteiger partial charge in [-0.3, -0.25) is 0 Å². The molecule has 4 N–H and O–H groups in total. The Morgan fingerprint density at radius 1 is 1.20 bits per heavy atom. The zero-order valence-corrected chi connectivity index (χ0v) is 13.8. The van der Waals surface area contributed by atoms with Gasteiger partial charge in [0.1, 0.15) is 5.84 Å². The van der Waals surface area contributed by atoms with E-state index in [1.54, 1.807) is 7.11 Å². The van der Waals surface area contributed by atoms with E-state index in [0.29, 0.717) is 5.84 Å². The van der Waals surface area contributed by atoms with E-state index in [0.717, 1.165) is 45.4 Å². The average Bonchev–Trinajstić information content (AvgIpc) is 2.39. The number of nitrogens with zero attached hydrogens (tertiary/aromatic N) is 1. The van der Waals surface area contributed by atoms with E-state index >= 15 is 0 Å². The highest BCUT2D eigenvalue weighted by atomic mass is 16.5. The SMILES string of the molecule is COCCC(C)(C)CNCCCCC(C)(C)C(N)=NO. The van der Waals surface area contributed by atoms with Gasteiger partial charge in [0.25, 0.3) is 0 Å². The monoisotopic (exact) mass is 287 g/mol. The lowest BCUT2D eigenvalue weighted by Gasteiger charge is -2.25. The minimum absolute atomic E-state index is 0.230. The van der Waals surface area contributed by atoms with Gasteiger partial charge in [-0.15, -0.1) is 0 Å². The molecule has 0 radical (unpaired) electrons. The number of ether oxygens (including phenoxy) is 1. The Labute approximate surface area is 123 Å². The van der Waals surface area contributed by atoms with Crippen molar-refractivity contribution >= 4 is 5.84 Å². The molecule has 0 unspecified atom stereocenters. The van der Waals surface area contributed by atoms with Gasteiger partial charge in [0.15, 0.2) is 0 Å². The molecular weight excluding hydrogens is 254 g/mol. The van der Waals surface area contributed by atoms with Crippen molar-refractivity contribution in [3.8, 4) is 0 Å². The Kier molecular flexibility index (Phi) is 8.81. The van der Waals surface area contributed by atoms with Crippen molar-refractivity contribution in [2.75, 3.05) is 26.8 Å². The van der Waals surface area contributed by atoms with Crippen LogP contribution in [0.3, 0.4) is 0 Å². The van der Waals surface area contributed by atoms with Gasteiger partial charge in [0.05, 0.1) is 0 Å². The molecule has 0 aliphatic carbocycles. The van der Waals surface area contributed by atoms with Crippen LogP contribution in [0.2, 0.25) is 0 Å². The minimum Gasteiger partial charge on any atom is -0.409 e. The topological polar surface area (TPSA) is 79.9 Å². The smallest absolute Gasteiger partial charge is 0.144 e. The Balaban J connectivity index is 3.73. The molecule has 0 saturated carbocycles. The van der Waals surface area contributed by atoms with Crippen molar-refractivity contribution in [3.05, 3.63) is 0 Å². The summed E-state index contributed by atoms with van der Waals surface area (Å²) in [5, 5.41) is 15.3. The molecule has 0 spiro atoms. The molecule has 0 aliphatic rings. The van der Waals surface area contributed by atoms with Gasteiger partial charge in [-0.05, 0) is 31.2 Å². The maximum Gasteiger partial charge on any atom is 0.144 e. The number of nitrogens with two attached hydrogens (primary N) is 1. The normalized spacial score (nSPS) is 13.8. The molecule has 0 atom stereocenters. The average molecular weight is 287 g/mol. The summed E-state index contributed by atoms with van der Waals surface area (Å²) in [4.78, 5) is 0. The molecule has 0 saturated heterocycles. The molecule has 0 aliphatic heterocycles. The Morgan fingerprint density at radius 3 is 2.40 bits per heavy atom. The first-order valence-electron chi connectivity index (χ1n) is 7.43. The van der Waals surface area contributed by atoms with Crippen LogP contribution in [-0.2, 0) is 4.74 Å². The second kappa shape index (κ2) is 9.19. The molecule has 0 aromatic carbocycles. The van der Waals surface area contributed by atoms with Gasteiger partial charge in [0, 0.05) is 25.7 Å². The van der Waals surface area contributed by atoms with Gasteiger partial charge in [-0.2, -0.15) is 0 Å². The fraction of sp³-hybridized carbons (Fsp3) is 0.933. The van der Waals surface area contributed by atoms with Crippen LogP contribution in [0.25, 0.3) is 0 Å². The van der Waals surface area contributed by atoms with Crippen molar-refractivity contribution in [1.29, 1.82) is 0 Å².